The van der Waals surface area contributed by atoms with Crippen LogP contribution in [0.1, 0.15) is 36.8 Å². The average molecular weight is 193 g/mol. The van der Waals surface area contributed by atoms with Crippen LogP contribution in [-0.4, -0.2) is 9.97 Å². The average Bonchev–Trinajstić information content (AvgIpc) is 2.63. The summed E-state index contributed by atoms with van der Waals surface area (Å²) in [6.07, 6.45) is 3.08. The van der Waals surface area contributed by atoms with Crippen molar-refractivity contribution in [2.75, 3.05) is 0 Å². The molecule has 4 heteroatoms. The van der Waals surface area contributed by atoms with Gasteiger partial charge in [0.05, 0.1) is 11.3 Å². The molecule has 0 radical (unpaired) electrons. The summed E-state index contributed by atoms with van der Waals surface area (Å²) >= 11 is 0. The SMILES string of the molecule is CCCCc1nc2c(c(=O)[nH]1)CNC2. The molecule has 0 saturated heterocycles. The van der Waals surface area contributed by atoms with Crippen LogP contribution >= 0.6 is 0 Å². The van der Waals surface area contributed by atoms with E-state index in [0.717, 1.165) is 42.9 Å². The van der Waals surface area contributed by atoms with Gasteiger partial charge in [-0.25, -0.2) is 4.98 Å². The van der Waals surface area contributed by atoms with E-state index >= 15 is 0 Å². The first-order valence-corrected chi connectivity index (χ1v) is 5.13. The second-order valence-corrected chi connectivity index (χ2v) is 3.64. The van der Waals surface area contributed by atoms with Gasteiger partial charge in [0.2, 0.25) is 0 Å². The summed E-state index contributed by atoms with van der Waals surface area (Å²) < 4.78 is 0. The fourth-order valence-corrected chi connectivity index (χ4v) is 1.69. The molecule has 0 fully saturated rings. The van der Waals surface area contributed by atoms with Crippen molar-refractivity contribution in [2.24, 2.45) is 0 Å². The number of fused-ring (bicyclic) bond motifs is 1. The summed E-state index contributed by atoms with van der Waals surface area (Å²) in [6, 6.07) is 0. The fraction of sp³-hybridized carbons (Fsp3) is 0.600. The monoisotopic (exact) mass is 193 g/mol. The molecule has 2 N–H and O–H groups in total. The number of H-pyrrole nitrogens is 1. The van der Waals surface area contributed by atoms with Gasteiger partial charge in [-0.05, 0) is 6.42 Å². The highest BCUT2D eigenvalue weighted by Gasteiger charge is 2.15. The van der Waals surface area contributed by atoms with E-state index in [4.69, 9.17) is 0 Å². The number of aromatic amines is 1. The van der Waals surface area contributed by atoms with Crippen molar-refractivity contribution in [1.82, 2.24) is 15.3 Å². The lowest BCUT2D eigenvalue weighted by molar-refractivity contribution is 0.734. The lowest BCUT2D eigenvalue weighted by Gasteiger charge is -2.01. The Morgan fingerprint density at radius 2 is 2.29 bits per heavy atom. The summed E-state index contributed by atoms with van der Waals surface area (Å²) in [5.74, 6) is 0.833. The number of aryl methyl sites for hydroxylation is 1. The van der Waals surface area contributed by atoms with Gasteiger partial charge < -0.3 is 10.3 Å². The second-order valence-electron chi connectivity index (χ2n) is 3.64. The van der Waals surface area contributed by atoms with Crippen LogP contribution in [0.15, 0.2) is 4.79 Å². The minimum absolute atomic E-state index is 0.0334. The van der Waals surface area contributed by atoms with E-state index in [-0.39, 0.29) is 5.56 Å². The van der Waals surface area contributed by atoms with Crippen LogP contribution in [0.2, 0.25) is 0 Å². The topological polar surface area (TPSA) is 57.8 Å². The van der Waals surface area contributed by atoms with Crippen LogP contribution in [0, 0.1) is 0 Å². The lowest BCUT2D eigenvalue weighted by Crippen LogP contribution is -2.17. The number of hydrogen-bond donors (Lipinski definition) is 2. The molecule has 4 nitrogen and oxygen atoms in total. The molecule has 0 amide bonds. The van der Waals surface area contributed by atoms with E-state index < -0.39 is 0 Å². The lowest BCUT2D eigenvalue weighted by atomic mass is 10.2. The summed E-state index contributed by atoms with van der Waals surface area (Å²) in [6.45, 7) is 3.52. The molecule has 76 valence electrons. The first-order valence-electron chi connectivity index (χ1n) is 5.13. The van der Waals surface area contributed by atoms with Crippen LogP contribution in [0.5, 0.6) is 0 Å². The van der Waals surface area contributed by atoms with Crippen LogP contribution in [0.25, 0.3) is 0 Å². The Hall–Kier alpha value is -1.16. The zero-order chi connectivity index (χ0) is 9.97. The van der Waals surface area contributed by atoms with E-state index in [0.29, 0.717) is 6.54 Å². The molecule has 2 heterocycles. The number of unbranched alkanes of at least 4 members (excludes halogenated alkanes) is 1. The van der Waals surface area contributed by atoms with Gasteiger partial charge in [-0.1, -0.05) is 13.3 Å². The maximum Gasteiger partial charge on any atom is 0.255 e. The number of nitrogens with zero attached hydrogens (tertiary/aromatic N) is 1. The standard InChI is InChI=1S/C10H15N3O/c1-2-3-4-9-12-8-6-11-5-7(8)10(14)13-9/h11H,2-6H2,1H3,(H,12,13,14). The molecule has 0 aromatic carbocycles. The van der Waals surface area contributed by atoms with Gasteiger partial charge >= 0.3 is 0 Å². The second kappa shape index (κ2) is 3.92. The number of aromatic nitrogens is 2. The zero-order valence-corrected chi connectivity index (χ0v) is 8.39. The summed E-state index contributed by atoms with van der Waals surface area (Å²) in [4.78, 5) is 18.8. The Morgan fingerprint density at radius 3 is 3.07 bits per heavy atom. The van der Waals surface area contributed by atoms with Gasteiger partial charge in [0.15, 0.2) is 0 Å². The van der Waals surface area contributed by atoms with Crippen LogP contribution in [0.4, 0.5) is 0 Å². The Balaban J connectivity index is 2.28. The van der Waals surface area contributed by atoms with E-state index in [9.17, 15) is 4.79 Å². The maximum atomic E-state index is 11.6. The third-order valence-corrected chi connectivity index (χ3v) is 2.51. The summed E-state index contributed by atoms with van der Waals surface area (Å²) in [5, 5.41) is 3.13. The van der Waals surface area contributed by atoms with Crippen molar-refractivity contribution < 1.29 is 0 Å². The number of hydrogen-bond acceptors (Lipinski definition) is 3. The van der Waals surface area contributed by atoms with Crippen molar-refractivity contribution in [3.8, 4) is 0 Å². The predicted molar refractivity (Wildman–Crippen MR) is 54.0 cm³/mol. The molecule has 0 atom stereocenters. The first-order chi connectivity index (χ1) is 6.81. The van der Waals surface area contributed by atoms with Crippen molar-refractivity contribution in [2.45, 2.75) is 39.3 Å². The molecule has 2 rings (SSSR count). The smallest absolute Gasteiger partial charge is 0.255 e. The highest BCUT2D eigenvalue weighted by Crippen LogP contribution is 2.08. The number of nitrogens with one attached hydrogen (secondary N) is 2. The minimum atomic E-state index is 0.0334. The van der Waals surface area contributed by atoms with Crippen LogP contribution in [-0.2, 0) is 19.5 Å². The van der Waals surface area contributed by atoms with Crippen molar-refractivity contribution >= 4 is 0 Å². The van der Waals surface area contributed by atoms with Crippen molar-refractivity contribution in [3.63, 3.8) is 0 Å². The van der Waals surface area contributed by atoms with E-state index in [2.05, 4.69) is 22.2 Å². The van der Waals surface area contributed by atoms with Gasteiger partial charge in [-0.3, -0.25) is 4.79 Å². The van der Waals surface area contributed by atoms with E-state index in [1.54, 1.807) is 0 Å². The largest absolute Gasteiger partial charge is 0.310 e. The molecule has 0 spiro atoms. The molecule has 0 aliphatic carbocycles. The fourth-order valence-electron chi connectivity index (χ4n) is 1.69. The van der Waals surface area contributed by atoms with Crippen molar-refractivity contribution in [3.05, 3.63) is 27.4 Å². The maximum absolute atomic E-state index is 11.6. The van der Waals surface area contributed by atoms with Crippen LogP contribution < -0.4 is 10.9 Å². The van der Waals surface area contributed by atoms with Crippen molar-refractivity contribution in [1.29, 1.82) is 0 Å². The molecule has 14 heavy (non-hydrogen) atoms. The van der Waals surface area contributed by atoms with Gasteiger partial charge in [0.1, 0.15) is 5.82 Å². The molecule has 0 unspecified atom stereocenters. The number of rotatable bonds is 3. The van der Waals surface area contributed by atoms with E-state index in [1.807, 2.05) is 0 Å². The summed E-state index contributed by atoms with van der Waals surface area (Å²) in [5.41, 5.74) is 1.77. The molecule has 1 aliphatic heterocycles. The van der Waals surface area contributed by atoms with Crippen LogP contribution in [0.3, 0.4) is 0 Å². The normalized spacial score (nSPS) is 14.4. The molecule has 0 saturated carbocycles. The Labute approximate surface area is 82.8 Å². The predicted octanol–water partition coefficient (Wildman–Crippen LogP) is 0.716. The third kappa shape index (κ3) is 1.70. The molecular formula is C10H15N3O. The minimum Gasteiger partial charge on any atom is -0.310 e. The molecule has 1 aromatic rings. The Morgan fingerprint density at radius 1 is 1.43 bits per heavy atom. The molecule has 0 bridgehead atoms. The summed E-state index contributed by atoms with van der Waals surface area (Å²) in [7, 11) is 0. The Kier molecular flexibility index (Phi) is 2.63. The quantitative estimate of drug-likeness (QED) is 0.743. The van der Waals surface area contributed by atoms with Gasteiger partial charge in [-0.2, -0.15) is 0 Å². The third-order valence-electron chi connectivity index (χ3n) is 2.51. The molecule has 1 aliphatic rings. The highest BCUT2D eigenvalue weighted by molar-refractivity contribution is 5.21. The van der Waals surface area contributed by atoms with Gasteiger partial charge in [-0.15, -0.1) is 0 Å². The molecular weight excluding hydrogens is 178 g/mol. The first kappa shape index (κ1) is 9.40. The van der Waals surface area contributed by atoms with E-state index in [1.165, 1.54) is 0 Å². The van der Waals surface area contributed by atoms with Gasteiger partial charge in [0.25, 0.3) is 5.56 Å². The molecule has 1 aromatic heterocycles. The zero-order valence-electron chi connectivity index (χ0n) is 8.39. The van der Waals surface area contributed by atoms with Gasteiger partial charge in [0, 0.05) is 19.5 Å². The highest BCUT2D eigenvalue weighted by atomic mass is 16.1. The Bertz CT molecular complexity index is 383.